The van der Waals surface area contributed by atoms with Crippen molar-refractivity contribution in [3.05, 3.63) is 141 Å². The minimum Gasteiger partial charge on any atom is -0.481 e. The Labute approximate surface area is 306 Å². The van der Waals surface area contributed by atoms with Crippen molar-refractivity contribution in [2.24, 2.45) is 10.6 Å². The van der Waals surface area contributed by atoms with E-state index in [-0.39, 0.29) is 29.6 Å². The first-order chi connectivity index (χ1) is 24.8. The molecule has 2 aliphatic heterocycles. The average Bonchev–Trinajstić information content (AvgIpc) is 3.88. The van der Waals surface area contributed by atoms with Crippen molar-refractivity contribution in [3.8, 4) is 0 Å². The number of amides is 2. The van der Waals surface area contributed by atoms with E-state index in [1.165, 1.54) is 46.4 Å². The number of β-lactam (4-membered cyclic amide) rings is 1. The first kappa shape index (κ1) is 34.2. The highest BCUT2D eigenvalue weighted by molar-refractivity contribution is 8.00. The number of aliphatic carboxylic acids is 1. The second kappa shape index (κ2) is 14.5. The van der Waals surface area contributed by atoms with E-state index in [0.29, 0.717) is 10.1 Å². The summed E-state index contributed by atoms with van der Waals surface area (Å²) in [6, 6.07) is 29.4. The molecule has 3 aromatic carbocycles. The molecule has 0 spiro atoms. The molecule has 2 fully saturated rings. The van der Waals surface area contributed by atoms with Gasteiger partial charge in [0.1, 0.15) is 40.2 Å². The maximum Gasteiger partial charge on any atom is 0.316 e. The minimum absolute atomic E-state index is 0.0147. The lowest BCUT2D eigenvalue weighted by molar-refractivity contribution is -0.155. The van der Waals surface area contributed by atoms with Gasteiger partial charge in [-0.3, -0.25) is 14.4 Å². The summed E-state index contributed by atoms with van der Waals surface area (Å²) >= 11 is 4.02. The second-order valence-corrected chi connectivity index (χ2v) is 14.8. The van der Waals surface area contributed by atoms with Crippen molar-refractivity contribution in [1.82, 2.24) is 20.2 Å². The number of fused-ring (bicyclic) bond motifs is 1. The van der Waals surface area contributed by atoms with Crippen LogP contribution >= 0.6 is 34.4 Å². The summed E-state index contributed by atoms with van der Waals surface area (Å²) in [5.41, 5.74) is 1.04. The van der Waals surface area contributed by atoms with Crippen molar-refractivity contribution in [1.29, 1.82) is 0 Å². The predicted molar refractivity (Wildman–Crippen MR) is 200 cm³/mol. The number of carbonyl (C=O) groups excluding carboxylic acids is 2. The van der Waals surface area contributed by atoms with Gasteiger partial charge < -0.3 is 25.5 Å². The molecule has 2 unspecified atom stereocenters. The molecule has 2 saturated heterocycles. The number of carboxylic acids is 1. The van der Waals surface area contributed by atoms with E-state index < -0.39 is 34.2 Å². The number of hydrogen-bond acceptors (Lipinski definition) is 11. The number of nitrogens with one attached hydrogen (secondary N) is 2. The van der Waals surface area contributed by atoms with Gasteiger partial charge in [-0.05, 0) is 22.8 Å². The van der Waals surface area contributed by atoms with Crippen LogP contribution < -0.4 is 10.6 Å². The SMILES string of the molecule is CON=C(C(=O)NC1C(=O)N2CC(C=Cc3nccs3)(C(=O)O)CS[C@H]12)c1csc(NC(c2ccccc2)(c2ccccc2)c2ccccc2)n1. The van der Waals surface area contributed by atoms with Crippen LogP contribution in [0.2, 0.25) is 0 Å². The summed E-state index contributed by atoms with van der Waals surface area (Å²) in [6.45, 7) is -0.0147. The van der Waals surface area contributed by atoms with Gasteiger partial charge in [-0.15, -0.1) is 34.4 Å². The number of aromatic nitrogens is 2. The van der Waals surface area contributed by atoms with Crippen LogP contribution in [0.15, 0.2) is 119 Å². The molecule has 3 N–H and O–H groups in total. The van der Waals surface area contributed by atoms with Crippen LogP contribution in [-0.2, 0) is 24.8 Å². The molecule has 7 rings (SSSR count). The van der Waals surface area contributed by atoms with Crippen LogP contribution in [0.3, 0.4) is 0 Å². The van der Waals surface area contributed by atoms with Gasteiger partial charge in [0.2, 0.25) is 5.91 Å². The van der Waals surface area contributed by atoms with E-state index in [1.54, 1.807) is 23.7 Å². The molecule has 258 valence electrons. The smallest absolute Gasteiger partial charge is 0.316 e. The zero-order valence-electron chi connectivity index (χ0n) is 27.2. The number of oxime groups is 1. The predicted octanol–water partition coefficient (Wildman–Crippen LogP) is 5.54. The van der Waals surface area contributed by atoms with Crippen LogP contribution in [0.25, 0.3) is 6.08 Å². The molecule has 2 amide bonds. The number of thioether (sulfide) groups is 1. The molecule has 5 aromatic rings. The highest BCUT2D eigenvalue weighted by atomic mass is 32.2. The standard InChI is InChI=1S/C37H32N6O5S3/c1-48-42-29(31(44)40-30-32(45)43-22-36(34(46)47,23-51-33(30)43)18-17-28-38-19-20-49-28)27-21-50-35(39-27)41-37(24-11-5-2-6-12-24,25-13-7-3-8-14-25)26-15-9-4-10-16-26/h2-21,30,33H,22-23H2,1H3,(H,39,41)(H,40,44)(H,46,47)/t30?,33-,36?/m1/s1. The summed E-state index contributed by atoms with van der Waals surface area (Å²) in [5, 5.41) is 25.0. The lowest BCUT2D eigenvalue weighted by Gasteiger charge is -2.53. The van der Waals surface area contributed by atoms with Gasteiger partial charge in [-0.2, -0.15) is 0 Å². The van der Waals surface area contributed by atoms with Crippen molar-refractivity contribution < 1.29 is 24.3 Å². The first-order valence-electron chi connectivity index (χ1n) is 15.9. The van der Waals surface area contributed by atoms with Crippen LogP contribution in [0.5, 0.6) is 0 Å². The van der Waals surface area contributed by atoms with E-state index in [9.17, 15) is 19.5 Å². The van der Waals surface area contributed by atoms with Gasteiger partial charge in [-0.25, -0.2) is 9.97 Å². The Morgan fingerprint density at radius 3 is 2.18 bits per heavy atom. The third-order valence-corrected chi connectivity index (χ3v) is 11.9. The van der Waals surface area contributed by atoms with Gasteiger partial charge in [0.15, 0.2) is 10.8 Å². The van der Waals surface area contributed by atoms with Gasteiger partial charge in [-0.1, -0.05) is 102 Å². The highest BCUT2D eigenvalue weighted by Crippen LogP contribution is 2.44. The Morgan fingerprint density at radius 1 is 1.00 bits per heavy atom. The number of nitrogens with zero attached hydrogens (tertiary/aromatic N) is 4. The molecular weight excluding hydrogens is 705 g/mol. The number of rotatable bonds is 12. The summed E-state index contributed by atoms with van der Waals surface area (Å²) in [7, 11) is 1.34. The van der Waals surface area contributed by atoms with Gasteiger partial charge >= 0.3 is 5.97 Å². The fraction of sp³-hybridized carbons (Fsp3) is 0.189. The maximum absolute atomic E-state index is 13.7. The highest BCUT2D eigenvalue weighted by Gasteiger charge is 2.57. The number of benzene rings is 3. The monoisotopic (exact) mass is 736 g/mol. The Kier molecular flexibility index (Phi) is 9.71. The van der Waals surface area contributed by atoms with Crippen molar-refractivity contribution in [2.45, 2.75) is 17.0 Å². The van der Waals surface area contributed by atoms with E-state index in [0.717, 1.165) is 16.7 Å². The Hall–Kier alpha value is -5.31. The van der Waals surface area contributed by atoms with Crippen LogP contribution in [0, 0.1) is 5.41 Å². The van der Waals surface area contributed by atoms with Crippen molar-refractivity contribution in [3.63, 3.8) is 0 Å². The molecule has 11 nitrogen and oxygen atoms in total. The molecule has 4 heterocycles. The number of hydrogen-bond donors (Lipinski definition) is 3. The van der Waals surface area contributed by atoms with E-state index in [4.69, 9.17) is 9.82 Å². The molecule has 0 radical (unpaired) electrons. The molecule has 51 heavy (non-hydrogen) atoms. The number of carboxylic acid groups (broad SMARTS) is 1. The summed E-state index contributed by atoms with van der Waals surface area (Å²) < 4.78 is 0. The number of carbonyl (C=O) groups is 3. The molecule has 0 aliphatic carbocycles. The molecule has 2 aromatic heterocycles. The topological polar surface area (TPSA) is 146 Å². The largest absolute Gasteiger partial charge is 0.481 e. The fourth-order valence-electron chi connectivity index (χ4n) is 6.33. The third-order valence-electron chi connectivity index (χ3n) is 8.87. The lowest BCUT2D eigenvalue weighted by Crippen LogP contribution is -2.73. The molecule has 0 bridgehead atoms. The average molecular weight is 737 g/mol. The van der Waals surface area contributed by atoms with Crippen LogP contribution in [0.4, 0.5) is 5.13 Å². The molecule has 14 heteroatoms. The third kappa shape index (κ3) is 6.53. The molecular formula is C37H32N6O5S3. The van der Waals surface area contributed by atoms with Gasteiger partial charge in [0.05, 0.1) is 0 Å². The van der Waals surface area contributed by atoms with Crippen LogP contribution in [0.1, 0.15) is 27.4 Å². The number of thiazole rings is 2. The first-order valence-corrected chi connectivity index (χ1v) is 18.7. The van der Waals surface area contributed by atoms with Crippen molar-refractivity contribution >= 4 is 69.1 Å². The summed E-state index contributed by atoms with van der Waals surface area (Å²) in [4.78, 5) is 55.0. The minimum atomic E-state index is -1.28. The Balaban J connectivity index is 1.12. The summed E-state index contributed by atoms with van der Waals surface area (Å²) in [5.74, 6) is -1.81. The van der Waals surface area contributed by atoms with Crippen molar-refractivity contribution in [2.75, 3.05) is 24.7 Å². The normalized spacial score (nSPS) is 20.4. The summed E-state index contributed by atoms with van der Waals surface area (Å²) in [6.07, 6.45) is 4.93. The Morgan fingerprint density at radius 2 is 1.63 bits per heavy atom. The molecule has 2 aliphatic rings. The second-order valence-electron chi connectivity index (χ2n) is 11.9. The van der Waals surface area contributed by atoms with Gasteiger partial charge in [0.25, 0.3) is 5.91 Å². The van der Waals surface area contributed by atoms with E-state index in [1.807, 2.05) is 60.0 Å². The van der Waals surface area contributed by atoms with Crippen LogP contribution in [-0.4, -0.2) is 74.3 Å². The zero-order chi connectivity index (χ0) is 35.4. The quantitative estimate of drug-likeness (QED) is 0.0651. The number of anilines is 1. The Bertz CT molecular complexity index is 1980. The van der Waals surface area contributed by atoms with E-state index >= 15 is 0 Å². The van der Waals surface area contributed by atoms with Gasteiger partial charge in [0, 0.05) is 29.3 Å². The fourth-order valence-corrected chi connectivity index (χ4v) is 9.12. The maximum atomic E-state index is 13.7. The lowest BCUT2D eigenvalue weighted by atomic mass is 9.77. The molecule has 3 atom stereocenters. The molecule has 0 saturated carbocycles. The zero-order valence-corrected chi connectivity index (χ0v) is 29.7. The van der Waals surface area contributed by atoms with E-state index in [2.05, 4.69) is 57.2 Å².